The molecule has 0 saturated carbocycles. The highest BCUT2D eigenvalue weighted by Gasteiger charge is 2.12. The minimum atomic E-state index is 0.905. The zero-order chi connectivity index (χ0) is 8.23. The predicted molar refractivity (Wildman–Crippen MR) is 50.1 cm³/mol. The molecule has 0 radical (unpaired) electrons. The van der Waals surface area contributed by atoms with Gasteiger partial charge < -0.3 is 10.3 Å². The van der Waals surface area contributed by atoms with E-state index in [1.54, 1.807) is 0 Å². The van der Waals surface area contributed by atoms with Crippen LogP contribution in [0.25, 0.3) is 0 Å². The van der Waals surface area contributed by atoms with Crippen LogP contribution in [0.3, 0.4) is 0 Å². The molecule has 1 saturated heterocycles. The average molecular weight is 164 g/mol. The Bertz CT molecular complexity index is 210. The fourth-order valence-corrected chi connectivity index (χ4v) is 1.90. The predicted octanol–water partition coefficient (Wildman–Crippen LogP) is 1.56. The van der Waals surface area contributed by atoms with Gasteiger partial charge in [0.2, 0.25) is 0 Å². The van der Waals surface area contributed by atoms with Gasteiger partial charge in [0.1, 0.15) is 0 Å². The van der Waals surface area contributed by atoms with Crippen LogP contribution in [0.1, 0.15) is 18.4 Å². The Labute approximate surface area is 73.4 Å². The SMILES string of the molecule is c1cc(CC2CCNCC2)c[nH]1. The summed E-state index contributed by atoms with van der Waals surface area (Å²) in [6.07, 6.45) is 8.06. The molecule has 0 spiro atoms. The Morgan fingerprint density at radius 2 is 2.17 bits per heavy atom. The number of piperidine rings is 1. The van der Waals surface area contributed by atoms with E-state index in [1.165, 1.54) is 37.9 Å². The zero-order valence-electron chi connectivity index (χ0n) is 7.34. The van der Waals surface area contributed by atoms with Crippen LogP contribution in [0.2, 0.25) is 0 Å². The van der Waals surface area contributed by atoms with Crippen LogP contribution in [0, 0.1) is 5.92 Å². The van der Waals surface area contributed by atoms with E-state index < -0.39 is 0 Å². The molecule has 1 fully saturated rings. The third kappa shape index (κ3) is 1.89. The molecule has 0 unspecified atom stereocenters. The lowest BCUT2D eigenvalue weighted by Crippen LogP contribution is -2.28. The lowest BCUT2D eigenvalue weighted by molar-refractivity contribution is 0.373. The van der Waals surface area contributed by atoms with Crippen LogP contribution in [-0.4, -0.2) is 18.1 Å². The van der Waals surface area contributed by atoms with Crippen molar-refractivity contribution in [3.63, 3.8) is 0 Å². The van der Waals surface area contributed by atoms with E-state index >= 15 is 0 Å². The topological polar surface area (TPSA) is 27.8 Å². The molecule has 0 aromatic carbocycles. The van der Waals surface area contributed by atoms with Crippen molar-refractivity contribution in [2.24, 2.45) is 5.92 Å². The van der Waals surface area contributed by atoms with Crippen LogP contribution < -0.4 is 5.32 Å². The molecule has 0 aliphatic carbocycles. The Morgan fingerprint density at radius 3 is 2.83 bits per heavy atom. The normalized spacial score (nSPS) is 19.7. The summed E-state index contributed by atoms with van der Waals surface area (Å²) in [6, 6.07) is 2.18. The van der Waals surface area contributed by atoms with Crippen LogP contribution in [0.5, 0.6) is 0 Å². The lowest BCUT2D eigenvalue weighted by atomic mass is 9.92. The molecular weight excluding hydrogens is 148 g/mol. The van der Waals surface area contributed by atoms with Gasteiger partial charge in [0, 0.05) is 12.4 Å². The van der Waals surface area contributed by atoms with Gasteiger partial charge in [0.05, 0.1) is 0 Å². The van der Waals surface area contributed by atoms with Crippen molar-refractivity contribution >= 4 is 0 Å². The maximum atomic E-state index is 3.39. The Balaban J connectivity index is 1.86. The molecule has 2 heterocycles. The van der Waals surface area contributed by atoms with Crippen molar-refractivity contribution in [1.29, 1.82) is 0 Å². The molecule has 0 atom stereocenters. The number of aromatic nitrogens is 1. The van der Waals surface area contributed by atoms with Crippen LogP contribution in [0.4, 0.5) is 0 Å². The summed E-state index contributed by atoms with van der Waals surface area (Å²) < 4.78 is 0. The van der Waals surface area contributed by atoms with E-state index in [9.17, 15) is 0 Å². The molecule has 66 valence electrons. The minimum absolute atomic E-state index is 0.905. The number of hydrogen-bond donors (Lipinski definition) is 2. The van der Waals surface area contributed by atoms with Gasteiger partial charge >= 0.3 is 0 Å². The third-order valence-electron chi connectivity index (χ3n) is 2.65. The molecule has 2 rings (SSSR count). The van der Waals surface area contributed by atoms with Crippen molar-refractivity contribution < 1.29 is 0 Å². The molecule has 12 heavy (non-hydrogen) atoms. The van der Waals surface area contributed by atoms with E-state index in [0.717, 1.165) is 5.92 Å². The van der Waals surface area contributed by atoms with Gasteiger partial charge in [-0.05, 0) is 49.9 Å². The maximum absolute atomic E-state index is 3.39. The van der Waals surface area contributed by atoms with E-state index in [2.05, 4.69) is 22.6 Å². The summed E-state index contributed by atoms with van der Waals surface area (Å²) in [5, 5.41) is 3.39. The second kappa shape index (κ2) is 3.76. The number of H-pyrrole nitrogens is 1. The summed E-state index contributed by atoms with van der Waals surface area (Å²) >= 11 is 0. The standard InChI is InChI=1S/C10H16N2/c1-4-11-5-2-9(1)7-10-3-6-12-8-10/h3,6,8-9,11-12H,1-2,4-5,7H2. The summed E-state index contributed by atoms with van der Waals surface area (Å²) in [6.45, 7) is 2.41. The monoisotopic (exact) mass is 164 g/mol. The summed E-state index contributed by atoms with van der Waals surface area (Å²) in [7, 11) is 0. The number of aromatic amines is 1. The van der Waals surface area contributed by atoms with E-state index in [0.29, 0.717) is 0 Å². The number of hydrogen-bond acceptors (Lipinski definition) is 1. The van der Waals surface area contributed by atoms with Crippen molar-refractivity contribution in [1.82, 2.24) is 10.3 Å². The molecular formula is C10H16N2. The molecule has 1 aliphatic rings. The highest BCUT2D eigenvalue weighted by molar-refractivity contribution is 5.09. The van der Waals surface area contributed by atoms with E-state index in [1.807, 2.05) is 6.20 Å². The quantitative estimate of drug-likeness (QED) is 0.682. The lowest BCUT2D eigenvalue weighted by Gasteiger charge is -2.21. The average Bonchev–Trinajstić information content (AvgIpc) is 2.59. The molecule has 1 aromatic rings. The number of nitrogens with one attached hydrogen (secondary N) is 2. The zero-order valence-corrected chi connectivity index (χ0v) is 7.34. The van der Waals surface area contributed by atoms with Crippen molar-refractivity contribution in [2.45, 2.75) is 19.3 Å². The molecule has 2 heteroatoms. The van der Waals surface area contributed by atoms with Crippen LogP contribution in [0.15, 0.2) is 18.5 Å². The largest absolute Gasteiger partial charge is 0.367 e. The first kappa shape index (κ1) is 7.87. The summed E-state index contributed by atoms with van der Waals surface area (Å²) in [5.41, 5.74) is 1.46. The maximum Gasteiger partial charge on any atom is 0.00374 e. The molecule has 2 N–H and O–H groups in total. The van der Waals surface area contributed by atoms with Gasteiger partial charge in [-0.3, -0.25) is 0 Å². The van der Waals surface area contributed by atoms with E-state index in [4.69, 9.17) is 0 Å². The van der Waals surface area contributed by atoms with Crippen LogP contribution in [-0.2, 0) is 6.42 Å². The molecule has 2 nitrogen and oxygen atoms in total. The van der Waals surface area contributed by atoms with Gasteiger partial charge in [-0.1, -0.05) is 0 Å². The smallest absolute Gasteiger partial charge is 0.00374 e. The van der Waals surface area contributed by atoms with Gasteiger partial charge in [0.15, 0.2) is 0 Å². The van der Waals surface area contributed by atoms with Crippen molar-refractivity contribution in [3.05, 3.63) is 24.0 Å². The fraction of sp³-hybridized carbons (Fsp3) is 0.600. The number of rotatable bonds is 2. The van der Waals surface area contributed by atoms with Gasteiger partial charge in [0.25, 0.3) is 0 Å². The first-order valence-electron chi connectivity index (χ1n) is 4.77. The first-order chi connectivity index (χ1) is 5.95. The third-order valence-corrected chi connectivity index (χ3v) is 2.65. The Kier molecular flexibility index (Phi) is 2.47. The van der Waals surface area contributed by atoms with Crippen LogP contribution >= 0.6 is 0 Å². The minimum Gasteiger partial charge on any atom is -0.367 e. The summed E-state index contributed by atoms with van der Waals surface area (Å²) in [5.74, 6) is 0.905. The second-order valence-corrected chi connectivity index (χ2v) is 3.62. The molecule has 0 bridgehead atoms. The summed E-state index contributed by atoms with van der Waals surface area (Å²) in [4.78, 5) is 3.10. The van der Waals surface area contributed by atoms with Crippen molar-refractivity contribution in [3.8, 4) is 0 Å². The fourth-order valence-electron chi connectivity index (χ4n) is 1.90. The van der Waals surface area contributed by atoms with Crippen molar-refractivity contribution in [2.75, 3.05) is 13.1 Å². The molecule has 1 aliphatic heterocycles. The Morgan fingerprint density at radius 1 is 1.33 bits per heavy atom. The molecule has 1 aromatic heterocycles. The highest BCUT2D eigenvalue weighted by atomic mass is 14.9. The van der Waals surface area contributed by atoms with Gasteiger partial charge in [-0.25, -0.2) is 0 Å². The highest BCUT2D eigenvalue weighted by Crippen LogP contribution is 2.17. The Hall–Kier alpha value is -0.760. The second-order valence-electron chi connectivity index (χ2n) is 3.62. The molecule has 0 amide bonds. The van der Waals surface area contributed by atoms with E-state index in [-0.39, 0.29) is 0 Å². The first-order valence-corrected chi connectivity index (χ1v) is 4.77. The van der Waals surface area contributed by atoms with Gasteiger partial charge in [-0.15, -0.1) is 0 Å². The van der Waals surface area contributed by atoms with Gasteiger partial charge in [-0.2, -0.15) is 0 Å².